The molecule has 0 fully saturated rings. The summed E-state index contributed by atoms with van der Waals surface area (Å²) in [5.41, 5.74) is 1.12. The molecular weight excluding hydrogens is 284 g/mol. The van der Waals surface area contributed by atoms with Crippen LogP contribution in [-0.4, -0.2) is 13.1 Å². The van der Waals surface area contributed by atoms with E-state index in [1.165, 1.54) is 18.4 Å². The largest absolute Gasteiger partial charge is 0.489 e. The number of hydrogen-bond acceptors (Lipinski definition) is 4. The summed E-state index contributed by atoms with van der Waals surface area (Å²) in [5, 5.41) is 1.02. The van der Waals surface area contributed by atoms with Gasteiger partial charge in [-0.3, -0.25) is 0 Å². The van der Waals surface area contributed by atoms with E-state index in [9.17, 15) is 4.79 Å². The van der Waals surface area contributed by atoms with Crippen LogP contribution in [0.1, 0.15) is 15.2 Å². The molecule has 0 radical (unpaired) electrons. The van der Waals surface area contributed by atoms with Crippen LogP contribution in [0.5, 0.6) is 5.75 Å². The molecule has 106 valence electrons. The maximum absolute atomic E-state index is 11.5. The first-order chi connectivity index (χ1) is 10.3. The third-order valence-electron chi connectivity index (χ3n) is 3.13. The second kappa shape index (κ2) is 5.97. The Hall–Kier alpha value is -2.33. The van der Waals surface area contributed by atoms with Crippen LogP contribution in [-0.2, 0) is 11.3 Å². The van der Waals surface area contributed by atoms with Gasteiger partial charge in [0.2, 0.25) is 0 Å². The zero-order valence-corrected chi connectivity index (χ0v) is 12.4. The molecule has 1 heterocycles. The summed E-state index contributed by atoms with van der Waals surface area (Å²) in [7, 11) is 1.39. The number of thiophene rings is 1. The van der Waals surface area contributed by atoms with Gasteiger partial charge in [0.05, 0.1) is 7.11 Å². The van der Waals surface area contributed by atoms with Gasteiger partial charge < -0.3 is 9.47 Å². The van der Waals surface area contributed by atoms with Crippen molar-refractivity contribution < 1.29 is 14.3 Å². The number of benzene rings is 2. The van der Waals surface area contributed by atoms with E-state index in [-0.39, 0.29) is 5.97 Å². The van der Waals surface area contributed by atoms with Gasteiger partial charge in [-0.15, -0.1) is 11.3 Å². The van der Waals surface area contributed by atoms with Gasteiger partial charge in [-0.25, -0.2) is 4.79 Å². The van der Waals surface area contributed by atoms with E-state index in [0.29, 0.717) is 11.5 Å². The molecule has 3 nitrogen and oxygen atoms in total. The van der Waals surface area contributed by atoms with Crippen LogP contribution in [0, 0.1) is 0 Å². The van der Waals surface area contributed by atoms with Crippen LogP contribution in [0.4, 0.5) is 0 Å². The summed E-state index contributed by atoms with van der Waals surface area (Å²) in [5.74, 6) is 0.493. The minimum atomic E-state index is -0.303. The lowest BCUT2D eigenvalue weighted by atomic mass is 10.2. The summed E-state index contributed by atoms with van der Waals surface area (Å²) in [6.45, 7) is 0.529. The first-order valence-corrected chi connectivity index (χ1v) is 7.36. The number of fused-ring (bicyclic) bond motifs is 1. The predicted octanol–water partition coefficient (Wildman–Crippen LogP) is 4.27. The fourth-order valence-corrected chi connectivity index (χ4v) is 3.05. The zero-order valence-electron chi connectivity index (χ0n) is 11.5. The van der Waals surface area contributed by atoms with E-state index in [0.717, 1.165) is 21.4 Å². The molecule has 21 heavy (non-hydrogen) atoms. The molecule has 2 aromatic carbocycles. The van der Waals surface area contributed by atoms with Gasteiger partial charge in [0.1, 0.15) is 17.2 Å². The lowest BCUT2D eigenvalue weighted by Crippen LogP contribution is -1.96. The van der Waals surface area contributed by atoms with Gasteiger partial charge in [-0.2, -0.15) is 0 Å². The maximum Gasteiger partial charge on any atom is 0.348 e. The Morgan fingerprint density at radius 1 is 1.10 bits per heavy atom. The van der Waals surface area contributed by atoms with Gasteiger partial charge in [-0.1, -0.05) is 30.3 Å². The fourth-order valence-electron chi connectivity index (χ4n) is 2.04. The molecule has 0 N–H and O–H groups in total. The minimum absolute atomic E-state index is 0.303. The number of hydrogen-bond donors (Lipinski definition) is 0. The molecule has 0 saturated carbocycles. The Morgan fingerprint density at radius 3 is 2.67 bits per heavy atom. The van der Waals surface area contributed by atoms with Crippen molar-refractivity contribution in [2.45, 2.75) is 6.61 Å². The molecule has 0 bridgehead atoms. The Balaban J connectivity index is 1.79. The topological polar surface area (TPSA) is 35.5 Å². The van der Waals surface area contributed by atoms with Crippen molar-refractivity contribution in [1.29, 1.82) is 0 Å². The van der Waals surface area contributed by atoms with Crippen molar-refractivity contribution in [3.8, 4) is 5.75 Å². The monoisotopic (exact) mass is 298 g/mol. The van der Waals surface area contributed by atoms with Crippen LogP contribution >= 0.6 is 11.3 Å². The average Bonchev–Trinajstić information content (AvgIpc) is 2.96. The van der Waals surface area contributed by atoms with Crippen LogP contribution in [0.25, 0.3) is 10.1 Å². The molecule has 0 aliphatic rings. The summed E-state index contributed by atoms with van der Waals surface area (Å²) in [6, 6.07) is 17.7. The van der Waals surface area contributed by atoms with Crippen LogP contribution < -0.4 is 4.74 Å². The quantitative estimate of drug-likeness (QED) is 0.675. The highest BCUT2D eigenvalue weighted by Crippen LogP contribution is 2.29. The second-order valence-corrected chi connectivity index (χ2v) is 5.66. The number of esters is 1. The van der Waals surface area contributed by atoms with Crippen molar-refractivity contribution in [2.24, 2.45) is 0 Å². The normalized spacial score (nSPS) is 10.5. The molecule has 3 aromatic rings. The third kappa shape index (κ3) is 3.06. The maximum atomic E-state index is 11.5. The lowest BCUT2D eigenvalue weighted by molar-refractivity contribution is 0.0606. The summed E-state index contributed by atoms with van der Waals surface area (Å²) < 4.78 is 11.5. The highest BCUT2D eigenvalue weighted by atomic mass is 32.1. The van der Waals surface area contributed by atoms with Crippen molar-refractivity contribution >= 4 is 27.4 Å². The number of carbonyl (C=O) groups excluding carboxylic acids is 1. The number of carbonyl (C=O) groups is 1. The minimum Gasteiger partial charge on any atom is -0.489 e. The molecule has 4 heteroatoms. The summed E-state index contributed by atoms with van der Waals surface area (Å²) >= 11 is 1.41. The van der Waals surface area contributed by atoms with E-state index in [4.69, 9.17) is 9.47 Å². The molecular formula is C17H14O3S. The van der Waals surface area contributed by atoms with E-state index in [1.54, 1.807) is 0 Å². The molecule has 0 aliphatic carbocycles. The molecule has 0 saturated heterocycles. The molecule has 0 amide bonds. The smallest absolute Gasteiger partial charge is 0.348 e. The van der Waals surface area contributed by atoms with E-state index in [1.807, 2.05) is 54.6 Å². The average molecular weight is 298 g/mol. The van der Waals surface area contributed by atoms with Crippen molar-refractivity contribution in [3.05, 3.63) is 65.0 Å². The first kappa shape index (κ1) is 13.6. The Morgan fingerprint density at radius 2 is 1.90 bits per heavy atom. The zero-order chi connectivity index (χ0) is 14.7. The second-order valence-electron chi connectivity index (χ2n) is 4.58. The molecule has 0 atom stereocenters. The van der Waals surface area contributed by atoms with Gasteiger partial charge >= 0.3 is 5.97 Å². The lowest BCUT2D eigenvalue weighted by Gasteiger charge is -2.06. The summed E-state index contributed by atoms with van der Waals surface area (Å²) in [4.78, 5) is 12.1. The van der Waals surface area contributed by atoms with E-state index < -0.39 is 0 Å². The Labute approximate surface area is 126 Å². The molecule has 0 spiro atoms. The van der Waals surface area contributed by atoms with Gasteiger partial charge in [0.15, 0.2) is 0 Å². The van der Waals surface area contributed by atoms with Gasteiger partial charge in [-0.05, 0) is 35.2 Å². The molecule has 0 aliphatic heterocycles. The SMILES string of the molecule is COC(=O)c1cc2ccc(OCc3ccccc3)cc2s1. The van der Waals surface area contributed by atoms with E-state index in [2.05, 4.69) is 0 Å². The standard InChI is InChI=1S/C17H14O3S/c1-19-17(18)16-9-13-7-8-14(10-15(13)21-16)20-11-12-5-3-2-4-6-12/h2-10H,11H2,1H3. The van der Waals surface area contributed by atoms with Crippen molar-refractivity contribution in [1.82, 2.24) is 0 Å². The Bertz CT molecular complexity index is 762. The number of rotatable bonds is 4. The van der Waals surface area contributed by atoms with Gasteiger partial charge in [0, 0.05) is 4.70 Å². The van der Waals surface area contributed by atoms with Crippen molar-refractivity contribution in [3.63, 3.8) is 0 Å². The highest BCUT2D eigenvalue weighted by molar-refractivity contribution is 7.20. The van der Waals surface area contributed by atoms with Crippen LogP contribution in [0.15, 0.2) is 54.6 Å². The van der Waals surface area contributed by atoms with Crippen LogP contribution in [0.2, 0.25) is 0 Å². The first-order valence-electron chi connectivity index (χ1n) is 6.55. The molecule has 0 unspecified atom stereocenters. The molecule has 1 aromatic heterocycles. The van der Waals surface area contributed by atoms with E-state index >= 15 is 0 Å². The highest BCUT2D eigenvalue weighted by Gasteiger charge is 2.10. The fraction of sp³-hybridized carbons (Fsp3) is 0.118. The van der Waals surface area contributed by atoms with Crippen molar-refractivity contribution in [2.75, 3.05) is 7.11 Å². The number of methoxy groups -OCH3 is 1. The third-order valence-corrected chi connectivity index (χ3v) is 4.20. The van der Waals surface area contributed by atoms with Crippen LogP contribution in [0.3, 0.4) is 0 Å². The molecule has 3 rings (SSSR count). The Kier molecular flexibility index (Phi) is 3.88. The number of ether oxygens (including phenoxy) is 2. The van der Waals surface area contributed by atoms with Gasteiger partial charge in [0.25, 0.3) is 0 Å². The summed E-state index contributed by atoms with van der Waals surface area (Å²) in [6.07, 6.45) is 0. The predicted molar refractivity (Wildman–Crippen MR) is 83.9 cm³/mol.